The third kappa shape index (κ3) is 1.92. The van der Waals surface area contributed by atoms with Crippen molar-refractivity contribution in [3.63, 3.8) is 0 Å². The molecular formula is C17H12N2O2. The minimum Gasteiger partial charge on any atom is -0.452 e. The largest absolute Gasteiger partial charge is 0.452 e. The lowest BCUT2D eigenvalue weighted by Gasteiger charge is -2.03. The molecule has 0 unspecified atom stereocenters. The van der Waals surface area contributed by atoms with Crippen LogP contribution in [-0.2, 0) is 4.79 Å². The Morgan fingerprint density at radius 1 is 1.00 bits per heavy atom. The summed E-state index contributed by atoms with van der Waals surface area (Å²) >= 11 is 0. The average molecular weight is 276 g/mol. The Hall–Kier alpha value is -2.88. The molecule has 1 aliphatic rings. The SMILES string of the molecule is O=C1CN=C(c2ccccc2)c2oc3ccccc3c2N1. The number of hydrogen-bond acceptors (Lipinski definition) is 3. The van der Waals surface area contributed by atoms with E-state index in [2.05, 4.69) is 10.3 Å². The number of anilines is 1. The summed E-state index contributed by atoms with van der Waals surface area (Å²) in [6, 6.07) is 17.4. The molecule has 1 aromatic heterocycles. The molecule has 4 rings (SSSR count). The van der Waals surface area contributed by atoms with Gasteiger partial charge in [0.15, 0.2) is 5.76 Å². The smallest absolute Gasteiger partial charge is 0.246 e. The molecule has 3 aromatic rings. The minimum atomic E-state index is -0.131. The summed E-state index contributed by atoms with van der Waals surface area (Å²) in [6.07, 6.45) is 0. The lowest BCUT2D eigenvalue weighted by atomic mass is 10.1. The lowest BCUT2D eigenvalue weighted by Crippen LogP contribution is -2.13. The molecule has 0 bridgehead atoms. The number of carbonyl (C=O) groups is 1. The van der Waals surface area contributed by atoms with Gasteiger partial charge < -0.3 is 9.73 Å². The van der Waals surface area contributed by atoms with E-state index in [0.29, 0.717) is 17.2 Å². The van der Waals surface area contributed by atoms with Gasteiger partial charge >= 0.3 is 0 Å². The third-order valence-corrected chi connectivity index (χ3v) is 3.50. The van der Waals surface area contributed by atoms with Crippen LogP contribution in [0.4, 0.5) is 5.69 Å². The summed E-state index contributed by atoms with van der Waals surface area (Å²) in [4.78, 5) is 16.3. The van der Waals surface area contributed by atoms with Crippen LogP contribution in [0.25, 0.3) is 11.0 Å². The van der Waals surface area contributed by atoms with Gasteiger partial charge in [0, 0.05) is 10.9 Å². The van der Waals surface area contributed by atoms with Crippen LogP contribution in [-0.4, -0.2) is 18.2 Å². The quantitative estimate of drug-likeness (QED) is 0.742. The van der Waals surface area contributed by atoms with Crippen LogP contribution in [0.5, 0.6) is 0 Å². The second-order valence-corrected chi connectivity index (χ2v) is 4.88. The number of hydrogen-bond donors (Lipinski definition) is 1. The van der Waals surface area contributed by atoms with Gasteiger partial charge in [-0.25, -0.2) is 0 Å². The predicted octanol–water partition coefficient (Wildman–Crippen LogP) is 3.22. The van der Waals surface area contributed by atoms with Crippen LogP contribution in [0.2, 0.25) is 0 Å². The zero-order valence-corrected chi connectivity index (χ0v) is 11.2. The molecule has 0 aliphatic carbocycles. The first-order valence-corrected chi connectivity index (χ1v) is 6.74. The van der Waals surface area contributed by atoms with E-state index in [4.69, 9.17) is 4.42 Å². The second kappa shape index (κ2) is 4.59. The number of rotatable bonds is 1. The molecule has 21 heavy (non-hydrogen) atoms. The number of furan rings is 1. The van der Waals surface area contributed by atoms with Crippen molar-refractivity contribution in [2.24, 2.45) is 4.99 Å². The van der Waals surface area contributed by atoms with Crippen LogP contribution < -0.4 is 5.32 Å². The number of amides is 1. The summed E-state index contributed by atoms with van der Waals surface area (Å²) in [5, 5.41) is 3.79. The Morgan fingerprint density at radius 3 is 2.62 bits per heavy atom. The van der Waals surface area contributed by atoms with Crippen LogP contribution >= 0.6 is 0 Å². The van der Waals surface area contributed by atoms with Gasteiger partial charge in [0.25, 0.3) is 0 Å². The van der Waals surface area contributed by atoms with Crippen molar-refractivity contribution < 1.29 is 9.21 Å². The fourth-order valence-electron chi connectivity index (χ4n) is 2.56. The number of carbonyl (C=O) groups excluding carboxylic acids is 1. The number of para-hydroxylation sites is 1. The maximum absolute atomic E-state index is 11.9. The van der Waals surface area contributed by atoms with E-state index in [1.54, 1.807) is 0 Å². The molecule has 0 atom stereocenters. The van der Waals surface area contributed by atoms with Crippen molar-refractivity contribution >= 4 is 28.3 Å². The Morgan fingerprint density at radius 2 is 1.76 bits per heavy atom. The first-order chi connectivity index (χ1) is 10.3. The van der Waals surface area contributed by atoms with Gasteiger partial charge in [-0.2, -0.15) is 0 Å². The number of nitrogens with one attached hydrogen (secondary N) is 1. The highest BCUT2D eigenvalue weighted by atomic mass is 16.3. The van der Waals surface area contributed by atoms with Gasteiger partial charge in [0.1, 0.15) is 17.8 Å². The highest BCUT2D eigenvalue weighted by molar-refractivity contribution is 6.21. The van der Waals surface area contributed by atoms with E-state index in [0.717, 1.165) is 16.5 Å². The molecular weight excluding hydrogens is 264 g/mol. The number of aliphatic imine (C=N–C) groups is 1. The molecule has 2 heterocycles. The summed E-state index contributed by atoms with van der Waals surface area (Å²) in [5.74, 6) is 0.488. The topological polar surface area (TPSA) is 54.6 Å². The number of fused-ring (bicyclic) bond motifs is 3. The van der Waals surface area contributed by atoms with Crippen LogP contribution in [0, 0.1) is 0 Å². The zero-order valence-electron chi connectivity index (χ0n) is 11.2. The molecule has 102 valence electrons. The van der Waals surface area contributed by atoms with Gasteiger partial charge in [-0.05, 0) is 12.1 Å². The minimum absolute atomic E-state index is 0.1000. The van der Waals surface area contributed by atoms with Crippen molar-refractivity contribution in [1.82, 2.24) is 0 Å². The standard InChI is InChI=1S/C17H12N2O2/c20-14-10-18-15(11-6-2-1-3-7-11)17-16(19-14)12-8-4-5-9-13(12)21-17/h1-9H,10H2,(H,19,20). The molecule has 0 fully saturated rings. The molecule has 0 saturated carbocycles. The molecule has 0 spiro atoms. The maximum atomic E-state index is 11.9. The van der Waals surface area contributed by atoms with Crippen molar-refractivity contribution in [1.29, 1.82) is 0 Å². The maximum Gasteiger partial charge on any atom is 0.246 e. The van der Waals surface area contributed by atoms with Crippen LogP contribution in [0.3, 0.4) is 0 Å². The van der Waals surface area contributed by atoms with Gasteiger partial charge in [-0.15, -0.1) is 0 Å². The Bertz CT molecular complexity index is 863. The second-order valence-electron chi connectivity index (χ2n) is 4.88. The Kier molecular flexibility index (Phi) is 2.60. The van der Waals surface area contributed by atoms with Crippen molar-refractivity contribution in [3.8, 4) is 0 Å². The van der Waals surface area contributed by atoms with Gasteiger partial charge in [-0.1, -0.05) is 42.5 Å². The number of benzene rings is 2. The lowest BCUT2D eigenvalue weighted by molar-refractivity contribution is -0.114. The molecule has 4 heteroatoms. The van der Waals surface area contributed by atoms with Crippen molar-refractivity contribution in [3.05, 3.63) is 65.9 Å². The molecule has 0 saturated heterocycles. The van der Waals surface area contributed by atoms with Gasteiger partial charge in [-0.3, -0.25) is 9.79 Å². The van der Waals surface area contributed by atoms with E-state index in [9.17, 15) is 4.79 Å². The molecule has 2 aromatic carbocycles. The van der Waals surface area contributed by atoms with Crippen molar-refractivity contribution in [2.75, 3.05) is 11.9 Å². The predicted molar refractivity (Wildman–Crippen MR) is 81.8 cm³/mol. The molecule has 4 nitrogen and oxygen atoms in total. The first-order valence-electron chi connectivity index (χ1n) is 6.74. The van der Waals surface area contributed by atoms with Crippen LogP contribution in [0.1, 0.15) is 11.3 Å². The van der Waals surface area contributed by atoms with Gasteiger partial charge in [0.2, 0.25) is 5.91 Å². The van der Waals surface area contributed by atoms with E-state index in [1.165, 1.54) is 0 Å². The Balaban J connectivity index is 2.00. The zero-order chi connectivity index (χ0) is 14.2. The van der Waals surface area contributed by atoms with E-state index >= 15 is 0 Å². The first kappa shape index (κ1) is 11.9. The third-order valence-electron chi connectivity index (χ3n) is 3.50. The highest BCUT2D eigenvalue weighted by Gasteiger charge is 2.24. The summed E-state index contributed by atoms with van der Waals surface area (Å²) in [5.41, 5.74) is 3.10. The van der Waals surface area contributed by atoms with Gasteiger partial charge in [0.05, 0.1) is 5.69 Å². The monoisotopic (exact) mass is 276 g/mol. The summed E-state index contributed by atoms with van der Waals surface area (Å²) in [7, 11) is 0. The molecule has 1 aliphatic heterocycles. The normalized spacial score (nSPS) is 14.3. The molecule has 1 N–H and O–H groups in total. The fraction of sp³-hybridized carbons (Fsp3) is 0.0588. The molecule has 0 radical (unpaired) electrons. The molecule has 1 amide bonds. The number of nitrogens with zero attached hydrogens (tertiary/aromatic N) is 1. The Labute approximate surface area is 121 Å². The highest BCUT2D eigenvalue weighted by Crippen LogP contribution is 2.33. The summed E-state index contributed by atoms with van der Waals surface area (Å²) in [6.45, 7) is 0.1000. The van der Waals surface area contributed by atoms with E-state index in [1.807, 2.05) is 54.6 Å². The fourth-order valence-corrected chi connectivity index (χ4v) is 2.56. The van der Waals surface area contributed by atoms with Crippen LogP contribution in [0.15, 0.2) is 64.0 Å². The van der Waals surface area contributed by atoms with E-state index < -0.39 is 0 Å². The summed E-state index contributed by atoms with van der Waals surface area (Å²) < 4.78 is 5.94. The van der Waals surface area contributed by atoms with E-state index in [-0.39, 0.29) is 12.5 Å². The van der Waals surface area contributed by atoms with Crippen molar-refractivity contribution in [2.45, 2.75) is 0 Å². The average Bonchev–Trinajstić information content (AvgIpc) is 2.79.